The van der Waals surface area contributed by atoms with Gasteiger partial charge < -0.3 is 14.6 Å². The summed E-state index contributed by atoms with van der Waals surface area (Å²) in [5.41, 5.74) is -1.20. The molecule has 134 valence electrons. The van der Waals surface area contributed by atoms with Crippen molar-refractivity contribution in [2.75, 3.05) is 0 Å². The van der Waals surface area contributed by atoms with Gasteiger partial charge in [-0.25, -0.2) is 19.2 Å². The van der Waals surface area contributed by atoms with Crippen molar-refractivity contribution in [2.45, 2.75) is 12.3 Å². The van der Waals surface area contributed by atoms with Gasteiger partial charge in [0.25, 0.3) is 0 Å². The first-order valence-electron chi connectivity index (χ1n) is 7.79. The third-order valence-electron chi connectivity index (χ3n) is 4.87. The normalized spacial score (nSPS) is 15.3. The second-order valence-electron chi connectivity index (χ2n) is 6.30. The zero-order valence-electron chi connectivity index (χ0n) is 13.8. The molecule has 8 heteroatoms. The third kappa shape index (κ3) is 2.20. The molecule has 2 aromatic rings. The average molecular weight is 366 g/mol. The lowest BCUT2D eigenvalue weighted by Gasteiger charge is -2.26. The maximum atomic E-state index is 12.1. The van der Waals surface area contributed by atoms with Crippen molar-refractivity contribution in [3.63, 3.8) is 0 Å². The van der Waals surface area contributed by atoms with Gasteiger partial charge in [0.05, 0.1) is 22.3 Å². The van der Waals surface area contributed by atoms with Gasteiger partial charge in [-0.05, 0) is 42.3 Å². The van der Waals surface area contributed by atoms with E-state index in [2.05, 4.69) is 9.47 Å². The lowest BCUT2D eigenvalue weighted by Crippen LogP contribution is -2.34. The summed E-state index contributed by atoms with van der Waals surface area (Å²) in [4.78, 5) is 58.9. The second kappa shape index (κ2) is 5.34. The van der Waals surface area contributed by atoms with Gasteiger partial charge in [0.15, 0.2) is 0 Å². The molecule has 0 bridgehead atoms. The van der Waals surface area contributed by atoms with Gasteiger partial charge in [0.1, 0.15) is 5.41 Å². The molecule has 0 amide bonds. The van der Waals surface area contributed by atoms with E-state index in [9.17, 15) is 29.1 Å². The highest BCUT2D eigenvalue weighted by atomic mass is 16.6. The predicted molar refractivity (Wildman–Crippen MR) is 86.5 cm³/mol. The lowest BCUT2D eigenvalue weighted by molar-refractivity contribution is -0.141. The van der Waals surface area contributed by atoms with Crippen molar-refractivity contribution >= 4 is 29.8 Å². The van der Waals surface area contributed by atoms with Gasteiger partial charge in [-0.1, -0.05) is 12.1 Å². The van der Waals surface area contributed by atoms with Crippen molar-refractivity contribution < 1.29 is 38.6 Å². The molecule has 0 unspecified atom stereocenters. The van der Waals surface area contributed by atoms with Crippen LogP contribution in [0.2, 0.25) is 0 Å². The molecule has 2 aliphatic rings. The number of carboxylic acid groups (broad SMARTS) is 1. The fourth-order valence-corrected chi connectivity index (χ4v) is 3.21. The third-order valence-corrected chi connectivity index (χ3v) is 4.87. The summed E-state index contributed by atoms with van der Waals surface area (Å²) in [7, 11) is 0. The van der Waals surface area contributed by atoms with Crippen LogP contribution in [-0.4, -0.2) is 35.0 Å². The molecule has 0 aromatic heterocycles. The Labute approximate surface area is 151 Å². The first kappa shape index (κ1) is 16.6. The Morgan fingerprint density at radius 1 is 0.741 bits per heavy atom. The number of benzene rings is 2. The summed E-state index contributed by atoms with van der Waals surface area (Å²) < 4.78 is 9.06. The van der Waals surface area contributed by atoms with E-state index < -0.39 is 35.3 Å². The van der Waals surface area contributed by atoms with E-state index >= 15 is 0 Å². The SMILES string of the molecule is CC(C(=O)O)(c1ccc2c(c1)C(=O)OC2=O)c1ccc2c(c1)C(=O)OC2=O. The number of carbonyl (C=O) groups is 5. The number of carboxylic acids is 1. The molecule has 0 saturated carbocycles. The van der Waals surface area contributed by atoms with Gasteiger partial charge in [0.2, 0.25) is 0 Å². The molecule has 2 aromatic carbocycles. The molecule has 0 spiro atoms. The molecule has 0 radical (unpaired) electrons. The zero-order valence-corrected chi connectivity index (χ0v) is 13.8. The Bertz CT molecular complexity index is 1020. The van der Waals surface area contributed by atoms with Gasteiger partial charge in [0, 0.05) is 0 Å². The quantitative estimate of drug-likeness (QED) is 0.643. The summed E-state index contributed by atoms with van der Waals surface area (Å²) in [6.45, 7) is 1.39. The van der Waals surface area contributed by atoms with Gasteiger partial charge in [-0.15, -0.1) is 0 Å². The lowest BCUT2D eigenvalue weighted by atomic mass is 9.75. The van der Waals surface area contributed by atoms with E-state index in [1.807, 2.05) is 0 Å². The first-order chi connectivity index (χ1) is 12.7. The van der Waals surface area contributed by atoms with E-state index in [-0.39, 0.29) is 33.4 Å². The van der Waals surface area contributed by atoms with Crippen LogP contribution in [0.3, 0.4) is 0 Å². The molecule has 0 fully saturated rings. The topological polar surface area (TPSA) is 124 Å². The van der Waals surface area contributed by atoms with Crippen LogP contribution < -0.4 is 0 Å². The Morgan fingerprint density at radius 2 is 1.11 bits per heavy atom. The summed E-state index contributed by atoms with van der Waals surface area (Å²) >= 11 is 0. The standard InChI is InChI=1S/C19H10O8/c1-19(18(24)25,8-2-4-10-12(6-8)16(22)26-14(10)20)9-3-5-11-13(7-9)17(23)27-15(11)21/h2-7H,1H3,(H,24,25). The van der Waals surface area contributed by atoms with Crippen LogP contribution in [-0.2, 0) is 19.7 Å². The largest absolute Gasteiger partial charge is 0.480 e. The molecule has 4 rings (SSSR count). The molecule has 0 saturated heterocycles. The highest BCUT2D eigenvalue weighted by Gasteiger charge is 2.41. The van der Waals surface area contributed by atoms with E-state index in [4.69, 9.17) is 0 Å². The maximum absolute atomic E-state index is 12.1. The van der Waals surface area contributed by atoms with Crippen molar-refractivity contribution in [1.82, 2.24) is 0 Å². The Hall–Kier alpha value is -3.81. The van der Waals surface area contributed by atoms with E-state index in [0.717, 1.165) is 0 Å². The number of esters is 4. The predicted octanol–water partition coefficient (Wildman–Crippen LogP) is 1.70. The van der Waals surface area contributed by atoms with Crippen LogP contribution in [0.4, 0.5) is 0 Å². The summed E-state index contributed by atoms with van der Waals surface area (Å²) in [6, 6.07) is 8.03. The van der Waals surface area contributed by atoms with Crippen LogP contribution in [0.1, 0.15) is 59.5 Å². The molecular weight excluding hydrogens is 356 g/mol. The van der Waals surface area contributed by atoms with Crippen LogP contribution in [0.15, 0.2) is 36.4 Å². The van der Waals surface area contributed by atoms with Crippen LogP contribution in [0, 0.1) is 0 Å². The van der Waals surface area contributed by atoms with Gasteiger partial charge in [-0.3, -0.25) is 4.79 Å². The van der Waals surface area contributed by atoms with Crippen molar-refractivity contribution in [3.8, 4) is 0 Å². The minimum absolute atomic E-state index is 0.0271. The highest BCUT2D eigenvalue weighted by molar-refractivity contribution is 6.15. The molecule has 1 N–H and O–H groups in total. The number of cyclic esters (lactones) is 4. The molecule has 8 nitrogen and oxygen atoms in total. The van der Waals surface area contributed by atoms with E-state index in [1.165, 1.54) is 43.3 Å². The number of aliphatic carboxylic acids is 1. The van der Waals surface area contributed by atoms with Crippen LogP contribution >= 0.6 is 0 Å². The maximum Gasteiger partial charge on any atom is 0.346 e. The minimum Gasteiger partial charge on any atom is -0.480 e. The molecular formula is C19H10O8. The van der Waals surface area contributed by atoms with Gasteiger partial charge in [-0.2, -0.15) is 0 Å². The zero-order chi connectivity index (χ0) is 19.5. The number of ether oxygens (including phenoxy) is 2. The number of hydrogen-bond donors (Lipinski definition) is 1. The van der Waals surface area contributed by atoms with Crippen LogP contribution in [0.25, 0.3) is 0 Å². The number of carbonyl (C=O) groups excluding carboxylic acids is 4. The number of rotatable bonds is 3. The Morgan fingerprint density at radius 3 is 1.48 bits per heavy atom. The molecule has 27 heavy (non-hydrogen) atoms. The van der Waals surface area contributed by atoms with E-state index in [0.29, 0.717) is 0 Å². The molecule has 0 atom stereocenters. The van der Waals surface area contributed by atoms with Crippen molar-refractivity contribution in [1.29, 1.82) is 0 Å². The van der Waals surface area contributed by atoms with Crippen molar-refractivity contribution in [3.05, 3.63) is 69.8 Å². The average Bonchev–Trinajstić information content (AvgIpc) is 3.09. The van der Waals surface area contributed by atoms with Crippen molar-refractivity contribution in [2.24, 2.45) is 0 Å². The highest BCUT2D eigenvalue weighted by Crippen LogP contribution is 2.36. The monoisotopic (exact) mass is 366 g/mol. The molecule has 2 aliphatic heterocycles. The van der Waals surface area contributed by atoms with Gasteiger partial charge >= 0.3 is 29.8 Å². The molecule has 0 aliphatic carbocycles. The smallest absolute Gasteiger partial charge is 0.346 e. The van der Waals surface area contributed by atoms with E-state index in [1.54, 1.807) is 0 Å². The fraction of sp³-hybridized carbons (Fsp3) is 0.105. The Balaban J connectivity index is 1.90. The fourth-order valence-electron chi connectivity index (χ4n) is 3.21. The first-order valence-corrected chi connectivity index (χ1v) is 7.79. The number of hydrogen-bond acceptors (Lipinski definition) is 7. The molecule has 2 heterocycles. The second-order valence-corrected chi connectivity index (χ2v) is 6.30. The minimum atomic E-state index is -1.66. The Kier molecular flexibility index (Phi) is 3.29. The summed E-state index contributed by atoms with van der Waals surface area (Å²) in [5, 5.41) is 9.91. The van der Waals surface area contributed by atoms with Crippen LogP contribution in [0.5, 0.6) is 0 Å². The summed E-state index contributed by atoms with van der Waals surface area (Å²) in [5.74, 6) is -4.55. The summed E-state index contributed by atoms with van der Waals surface area (Å²) in [6.07, 6.45) is 0. The number of fused-ring (bicyclic) bond motifs is 2.